The largest absolute Gasteiger partial charge is 0.497 e. The molecule has 27 heavy (non-hydrogen) atoms. The first-order valence-corrected chi connectivity index (χ1v) is 9.02. The standard InChI is InChI=1S/C21H24N2O4/c1-26-18-9-10-19(27-2)15(13-18)8-11-20(24)22-16-5-3-6-17(14-16)23-12-4-7-21(23)25/h3,5-6,9-10,13-14H,4,7-8,11-12H2,1-2H3,(H,22,24). The number of hydrogen-bond acceptors (Lipinski definition) is 4. The molecule has 142 valence electrons. The van der Waals surface area contributed by atoms with Crippen LogP contribution in [-0.4, -0.2) is 32.6 Å². The molecule has 1 N–H and O–H groups in total. The molecule has 0 atom stereocenters. The van der Waals surface area contributed by atoms with Gasteiger partial charge >= 0.3 is 0 Å². The summed E-state index contributed by atoms with van der Waals surface area (Å²) in [7, 11) is 3.22. The average molecular weight is 368 g/mol. The Bertz CT molecular complexity index is 835. The number of methoxy groups -OCH3 is 2. The van der Waals surface area contributed by atoms with E-state index in [1.165, 1.54) is 0 Å². The van der Waals surface area contributed by atoms with Gasteiger partial charge in [0, 0.05) is 30.8 Å². The number of benzene rings is 2. The van der Waals surface area contributed by atoms with Crippen LogP contribution in [0, 0.1) is 0 Å². The van der Waals surface area contributed by atoms with Gasteiger partial charge in [-0.1, -0.05) is 6.07 Å². The Hall–Kier alpha value is -3.02. The quantitative estimate of drug-likeness (QED) is 0.813. The number of carbonyl (C=O) groups is 2. The van der Waals surface area contributed by atoms with Crippen LogP contribution >= 0.6 is 0 Å². The number of amides is 2. The topological polar surface area (TPSA) is 67.9 Å². The van der Waals surface area contributed by atoms with Crippen LogP contribution in [0.15, 0.2) is 42.5 Å². The van der Waals surface area contributed by atoms with Crippen LogP contribution in [0.5, 0.6) is 11.5 Å². The first kappa shape index (κ1) is 18.8. The molecular formula is C21H24N2O4. The third-order valence-corrected chi connectivity index (χ3v) is 4.62. The number of nitrogens with one attached hydrogen (secondary N) is 1. The summed E-state index contributed by atoms with van der Waals surface area (Å²) in [5, 5.41) is 2.91. The summed E-state index contributed by atoms with van der Waals surface area (Å²) in [6, 6.07) is 12.9. The number of anilines is 2. The molecule has 2 aromatic rings. The zero-order chi connectivity index (χ0) is 19.2. The van der Waals surface area contributed by atoms with Crippen molar-refractivity contribution in [3.05, 3.63) is 48.0 Å². The molecule has 0 aliphatic carbocycles. The summed E-state index contributed by atoms with van der Waals surface area (Å²) >= 11 is 0. The molecule has 0 saturated carbocycles. The van der Waals surface area contributed by atoms with Crippen molar-refractivity contribution in [3.63, 3.8) is 0 Å². The number of rotatable bonds is 7. The van der Waals surface area contributed by atoms with E-state index in [2.05, 4.69) is 5.32 Å². The van der Waals surface area contributed by atoms with Crippen LogP contribution in [0.25, 0.3) is 0 Å². The average Bonchev–Trinajstić information content (AvgIpc) is 3.12. The van der Waals surface area contributed by atoms with E-state index < -0.39 is 0 Å². The third kappa shape index (κ3) is 4.58. The van der Waals surface area contributed by atoms with Crippen LogP contribution in [-0.2, 0) is 16.0 Å². The molecule has 6 heteroatoms. The molecular weight excluding hydrogens is 344 g/mol. The lowest BCUT2D eigenvalue weighted by atomic mass is 10.1. The second kappa shape index (κ2) is 8.58. The zero-order valence-electron chi connectivity index (χ0n) is 15.7. The number of carbonyl (C=O) groups excluding carboxylic acids is 2. The van der Waals surface area contributed by atoms with E-state index in [-0.39, 0.29) is 11.8 Å². The van der Waals surface area contributed by atoms with Gasteiger partial charge in [-0.25, -0.2) is 0 Å². The molecule has 0 aromatic heterocycles. The normalized spacial score (nSPS) is 13.6. The maximum Gasteiger partial charge on any atom is 0.227 e. The van der Waals surface area contributed by atoms with Crippen LogP contribution in [0.1, 0.15) is 24.8 Å². The Kier molecular flexibility index (Phi) is 5.96. The van der Waals surface area contributed by atoms with Crippen molar-refractivity contribution in [1.82, 2.24) is 0 Å². The highest BCUT2D eigenvalue weighted by Gasteiger charge is 2.21. The van der Waals surface area contributed by atoms with Gasteiger partial charge in [-0.15, -0.1) is 0 Å². The van der Waals surface area contributed by atoms with E-state index in [4.69, 9.17) is 9.47 Å². The molecule has 0 spiro atoms. The fraction of sp³-hybridized carbons (Fsp3) is 0.333. The number of aryl methyl sites for hydroxylation is 1. The molecule has 1 aliphatic heterocycles. The van der Waals surface area contributed by atoms with E-state index in [1.54, 1.807) is 19.1 Å². The number of nitrogens with zero attached hydrogens (tertiary/aromatic N) is 1. The highest BCUT2D eigenvalue weighted by atomic mass is 16.5. The Morgan fingerprint density at radius 1 is 1.15 bits per heavy atom. The van der Waals surface area contributed by atoms with Gasteiger partial charge < -0.3 is 19.7 Å². The molecule has 0 unspecified atom stereocenters. The summed E-state index contributed by atoms with van der Waals surface area (Å²) in [6.45, 7) is 0.728. The number of ether oxygens (including phenoxy) is 2. The fourth-order valence-corrected chi connectivity index (χ4v) is 3.22. The first-order chi connectivity index (χ1) is 13.1. The van der Waals surface area contributed by atoms with Gasteiger partial charge in [-0.2, -0.15) is 0 Å². The molecule has 6 nitrogen and oxygen atoms in total. The molecule has 0 bridgehead atoms. The maximum absolute atomic E-state index is 12.4. The van der Waals surface area contributed by atoms with E-state index in [9.17, 15) is 9.59 Å². The molecule has 1 fully saturated rings. The summed E-state index contributed by atoms with van der Waals surface area (Å²) in [6.07, 6.45) is 2.31. The van der Waals surface area contributed by atoms with Gasteiger partial charge in [0.15, 0.2) is 0 Å². The molecule has 1 heterocycles. The highest BCUT2D eigenvalue weighted by molar-refractivity contribution is 5.97. The predicted octanol–water partition coefficient (Wildman–Crippen LogP) is 3.40. The summed E-state index contributed by atoms with van der Waals surface area (Å²) in [4.78, 5) is 26.0. The van der Waals surface area contributed by atoms with Crippen molar-refractivity contribution in [2.75, 3.05) is 31.0 Å². The minimum Gasteiger partial charge on any atom is -0.497 e. The lowest BCUT2D eigenvalue weighted by molar-refractivity contribution is -0.117. The SMILES string of the molecule is COc1ccc(OC)c(CCC(=O)Nc2cccc(N3CCCC3=O)c2)c1. The van der Waals surface area contributed by atoms with Gasteiger partial charge in [0.2, 0.25) is 11.8 Å². The third-order valence-electron chi connectivity index (χ3n) is 4.62. The van der Waals surface area contributed by atoms with E-state index in [0.29, 0.717) is 24.9 Å². The Morgan fingerprint density at radius 3 is 2.70 bits per heavy atom. The minimum atomic E-state index is -0.0928. The molecule has 1 saturated heterocycles. The Labute approximate surface area is 159 Å². The van der Waals surface area contributed by atoms with Gasteiger partial charge in [-0.05, 0) is 54.8 Å². The minimum absolute atomic E-state index is 0.0928. The van der Waals surface area contributed by atoms with Crippen molar-refractivity contribution >= 4 is 23.2 Å². The van der Waals surface area contributed by atoms with Crippen molar-refractivity contribution < 1.29 is 19.1 Å². The molecule has 3 rings (SSSR count). The lowest BCUT2D eigenvalue weighted by Gasteiger charge is -2.17. The summed E-state index contributed by atoms with van der Waals surface area (Å²) in [5.41, 5.74) is 2.43. The number of hydrogen-bond donors (Lipinski definition) is 1. The highest BCUT2D eigenvalue weighted by Crippen LogP contribution is 2.26. The zero-order valence-corrected chi connectivity index (χ0v) is 15.7. The van der Waals surface area contributed by atoms with Crippen LogP contribution in [0.2, 0.25) is 0 Å². The smallest absolute Gasteiger partial charge is 0.227 e. The van der Waals surface area contributed by atoms with Crippen LogP contribution < -0.4 is 19.7 Å². The van der Waals surface area contributed by atoms with Crippen LogP contribution in [0.4, 0.5) is 11.4 Å². The van der Waals surface area contributed by atoms with Gasteiger partial charge in [0.05, 0.1) is 14.2 Å². The molecule has 1 aliphatic rings. The lowest BCUT2D eigenvalue weighted by Crippen LogP contribution is -2.23. The van der Waals surface area contributed by atoms with E-state index >= 15 is 0 Å². The predicted molar refractivity (Wildman–Crippen MR) is 105 cm³/mol. The van der Waals surface area contributed by atoms with Gasteiger partial charge in [-0.3, -0.25) is 9.59 Å². The van der Waals surface area contributed by atoms with Crippen molar-refractivity contribution in [2.24, 2.45) is 0 Å². The van der Waals surface area contributed by atoms with E-state index in [1.807, 2.05) is 42.5 Å². The van der Waals surface area contributed by atoms with Crippen molar-refractivity contribution in [1.29, 1.82) is 0 Å². The van der Waals surface area contributed by atoms with Crippen molar-refractivity contribution in [3.8, 4) is 11.5 Å². The first-order valence-electron chi connectivity index (χ1n) is 9.02. The summed E-state index contributed by atoms with van der Waals surface area (Å²) in [5.74, 6) is 1.50. The summed E-state index contributed by atoms with van der Waals surface area (Å²) < 4.78 is 10.6. The molecule has 0 radical (unpaired) electrons. The van der Waals surface area contributed by atoms with Gasteiger partial charge in [0.25, 0.3) is 0 Å². The monoisotopic (exact) mass is 368 g/mol. The second-order valence-electron chi connectivity index (χ2n) is 6.43. The Morgan fingerprint density at radius 2 is 2.00 bits per heavy atom. The van der Waals surface area contributed by atoms with Gasteiger partial charge in [0.1, 0.15) is 11.5 Å². The van der Waals surface area contributed by atoms with E-state index in [0.717, 1.165) is 35.7 Å². The fourth-order valence-electron chi connectivity index (χ4n) is 3.22. The maximum atomic E-state index is 12.4. The second-order valence-corrected chi connectivity index (χ2v) is 6.43. The molecule has 2 amide bonds. The Balaban J connectivity index is 1.62. The molecule has 2 aromatic carbocycles. The van der Waals surface area contributed by atoms with Crippen molar-refractivity contribution in [2.45, 2.75) is 25.7 Å². The van der Waals surface area contributed by atoms with Crippen LogP contribution in [0.3, 0.4) is 0 Å².